The van der Waals surface area contributed by atoms with Crippen molar-refractivity contribution in [1.29, 1.82) is 0 Å². The highest BCUT2D eigenvalue weighted by Crippen LogP contribution is 2.44. The maximum atomic E-state index is 14.0. The minimum Gasteiger partial charge on any atom is -0.504 e. The van der Waals surface area contributed by atoms with E-state index in [4.69, 9.17) is 71.3 Å². The number of aliphatic hydroxyl groups is 9. The molecule has 15 atom stereocenters. The summed E-state index contributed by atoms with van der Waals surface area (Å²) in [7, 11) is 5.21. The molecule has 3 aromatic rings. The Morgan fingerprint density at radius 3 is 1.52 bits per heavy atom. The van der Waals surface area contributed by atoms with E-state index >= 15 is 0 Å². The molecule has 4 heterocycles. The number of carboxylic acid groups (broad SMARTS) is 1. The van der Waals surface area contributed by atoms with Crippen molar-refractivity contribution in [3.63, 3.8) is 0 Å². The molecule has 3 saturated heterocycles. The van der Waals surface area contributed by atoms with Gasteiger partial charge in [-0.05, 0) is 71.8 Å². The summed E-state index contributed by atoms with van der Waals surface area (Å²) in [6, 6.07) is 11.8. The van der Waals surface area contributed by atoms with Crippen LogP contribution in [0.15, 0.2) is 82.0 Å². The third-order valence-corrected chi connectivity index (χ3v) is 14.1. The lowest BCUT2D eigenvalue weighted by Gasteiger charge is -2.40. The van der Waals surface area contributed by atoms with E-state index in [1.54, 1.807) is 0 Å². The molecule has 0 unspecified atom stereocenters. The number of aliphatic hydroxyl groups excluding tert-OH is 9. The quantitative estimate of drug-likeness (QED) is 0.00840. The number of hydrogen-bond acceptors (Lipinski definition) is 31. The minimum absolute atomic E-state index is 0.0255. The lowest BCUT2D eigenvalue weighted by molar-refractivity contribution is -0.323. The zero-order chi connectivity index (χ0) is 66.1. The van der Waals surface area contributed by atoms with Gasteiger partial charge in [0, 0.05) is 23.8 Å². The second-order valence-corrected chi connectivity index (χ2v) is 20.2. The van der Waals surface area contributed by atoms with E-state index in [1.165, 1.54) is 70.9 Å². The van der Waals surface area contributed by atoms with Crippen molar-refractivity contribution >= 4 is 36.0 Å². The molecule has 5 aliphatic rings. The molecule has 8 rings (SSSR count). The molecule has 1 aliphatic carbocycles. The van der Waals surface area contributed by atoms with Crippen LogP contribution >= 0.6 is 0 Å². The molecule has 0 aromatic heterocycles. The number of esters is 2. The number of benzene rings is 4. The van der Waals surface area contributed by atoms with Crippen LogP contribution in [-0.2, 0) is 47.8 Å². The predicted octanol–water partition coefficient (Wildman–Crippen LogP) is -1.44. The first-order chi connectivity index (χ1) is 43.3. The van der Waals surface area contributed by atoms with E-state index in [9.17, 15) is 85.3 Å². The molecule has 0 spiro atoms. The molecule has 0 bridgehead atoms. The molecule has 0 amide bonds. The van der Waals surface area contributed by atoms with Crippen molar-refractivity contribution in [3.8, 4) is 80.1 Å². The van der Waals surface area contributed by atoms with Gasteiger partial charge >= 0.3 is 23.9 Å². The van der Waals surface area contributed by atoms with E-state index < -0.39 is 176 Å². The van der Waals surface area contributed by atoms with Crippen LogP contribution in [0.1, 0.15) is 17.5 Å². The van der Waals surface area contributed by atoms with Crippen molar-refractivity contribution < 1.29 is 157 Å². The van der Waals surface area contributed by atoms with Crippen LogP contribution in [0, 0.1) is 0 Å². The number of phenolic OH excluding ortho intramolecular Hbond substituents is 3. The summed E-state index contributed by atoms with van der Waals surface area (Å²) < 4.78 is 72.3. The fourth-order valence-corrected chi connectivity index (χ4v) is 9.21. The van der Waals surface area contributed by atoms with Crippen LogP contribution in [-0.4, -0.2) is 235 Å². The molecular formula is C58H63O33+. The van der Waals surface area contributed by atoms with Gasteiger partial charge in [0.15, 0.2) is 57.5 Å². The van der Waals surface area contributed by atoms with Crippen LogP contribution < -0.4 is 38.6 Å². The average molecular weight is 1290 g/mol. The highest BCUT2D eigenvalue weighted by molar-refractivity contribution is 5.90. The zero-order valence-electron chi connectivity index (χ0n) is 48.1. The van der Waals surface area contributed by atoms with E-state index in [0.717, 1.165) is 42.5 Å². The summed E-state index contributed by atoms with van der Waals surface area (Å²) in [5, 5.41) is 139. The van der Waals surface area contributed by atoms with E-state index in [-0.39, 0.29) is 51.4 Å². The summed E-state index contributed by atoms with van der Waals surface area (Å²) in [6.07, 6.45) is -25.1. The number of methoxy groups -OCH3 is 4. The first-order valence-electron chi connectivity index (χ1n) is 27.0. The highest BCUT2D eigenvalue weighted by atomic mass is 17.2. The van der Waals surface area contributed by atoms with Gasteiger partial charge in [-0.3, -0.25) is 14.5 Å². The number of ether oxygens (including phenoxy) is 12. The number of aliphatic carboxylic acids is 1. The monoisotopic (exact) mass is 1290 g/mol. The lowest BCUT2D eigenvalue weighted by Crippen LogP contribution is -2.60. The highest BCUT2D eigenvalue weighted by Gasteiger charge is 2.49. The van der Waals surface area contributed by atoms with Crippen molar-refractivity contribution in [2.24, 2.45) is 0 Å². The zero-order valence-corrected chi connectivity index (χ0v) is 48.1. The van der Waals surface area contributed by atoms with Gasteiger partial charge in [0.2, 0.25) is 37.0 Å². The van der Waals surface area contributed by atoms with Gasteiger partial charge in [-0.2, -0.15) is 4.89 Å². The molecule has 3 aromatic carbocycles. The van der Waals surface area contributed by atoms with Gasteiger partial charge in [0.1, 0.15) is 98.3 Å². The van der Waals surface area contributed by atoms with Gasteiger partial charge in [0.25, 0.3) is 0 Å². The van der Waals surface area contributed by atoms with Crippen molar-refractivity contribution in [3.05, 3.63) is 94.2 Å². The standard InChI is InChI=1S/C58H62O33/c1-77-32-11-23(12-33(78-2)44(32)66)5-9-41(63)81-20-37-46(68)49(71)52(74)56(88-37)84-26-16-29(60)27-18-36(87-58-54(76)51(73)48(70)39(90-58)22-83-91-43(65)19-40(61)62)55(85-30(27)17-26)25-7-8-28(59)31(15-25)86-57-53(75)50(72)47(69)38(89-57)21-82-42(64)10-6-24-13-34(79-3)45(67)35(14-24)80-4/h5-18,37-39,46-54,56-59,66-76H,19-22H2,1-4H3,(H,61,62)/p+1/t37-,38-,39-,46-,47-,48-,49+,50+,51+,52-,53-,54-,56-,57-,58-/m1/s1. The van der Waals surface area contributed by atoms with Crippen molar-refractivity contribution in [2.45, 2.75) is 98.5 Å². The number of aromatic hydroxyl groups is 3. The second-order valence-electron chi connectivity index (χ2n) is 20.2. The fourth-order valence-electron chi connectivity index (χ4n) is 9.21. The van der Waals surface area contributed by atoms with Crippen molar-refractivity contribution in [2.75, 3.05) is 48.3 Å². The Bertz CT molecular complexity index is 3440. The summed E-state index contributed by atoms with van der Waals surface area (Å²) in [5.74, 6) is -8.06. The maximum Gasteiger partial charge on any atom is 0.510 e. The van der Waals surface area contributed by atoms with Gasteiger partial charge in [-0.1, -0.05) is 0 Å². The Morgan fingerprint density at radius 2 is 1.01 bits per heavy atom. The van der Waals surface area contributed by atoms with E-state index in [0.29, 0.717) is 11.1 Å². The average Bonchev–Trinajstić information content (AvgIpc) is 0.822. The molecule has 14 N–H and O–H groups in total. The number of rotatable bonds is 24. The number of hydrogen-bond donors (Lipinski definition) is 13. The maximum absolute atomic E-state index is 14.0. The Kier molecular flexibility index (Phi) is 22.1. The molecule has 0 radical (unpaired) electrons. The Balaban J connectivity index is 1.06. The largest absolute Gasteiger partial charge is 0.510 e. The molecule has 0 saturated carbocycles. The molecule has 91 heavy (non-hydrogen) atoms. The minimum atomic E-state index is -2.13. The smallest absolute Gasteiger partial charge is 0.504 e. The predicted molar refractivity (Wildman–Crippen MR) is 299 cm³/mol. The van der Waals surface area contributed by atoms with Gasteiger partial charge < -0.3 is 132 Å². The van der Waals surface area contributed by atoms with Crippen LogP contribution in [0.5, 0.6) is 57.5 Å². The van der Waals surface area contributed by atoms with Crippen molar-refractivity contribution in [1.82, 2.24) is 0 Å². The van der Waals surface area contributed by atoms with E-state index in [1.807, 2.05) is 0 Å². The molecule has 3 fully saturated rings. The Hall–Kier alpha value is -9.07. The van der Waals surface area contributed by atoms with Crippen LogP contribution in [0.3, 0.4) is 0 Å². The summed E-state index contributed by atoms with van der Waals surface area (Å²) in [4.78, 5) is 69.4. The number of fused-ring (bicyclic) bond motifs is 1. The Labute approximate surface area is 512 Å². The number of carbonyl (C=O) groups excluding carboxylic acids is 3. The Morgan fingerprint density at radius 1 is 0.538 bits per heavy atom. The summed E-state index contributed by atoms with van der Waals surface area (Å²) in [6.45, 7) is -2.31. The molecule has 33 heteroatoms. The van der Waals surface area contributed by atoms with Crippen LogP contribution in [0.25, 0.3) is 34.8 Å². The topological polar surface area (TPSA) is 495 Å². The van der Waals surface area contributed by atoms with Gasteiger partial charge in [0.05, 0.1) is 40.1 Å². The SMILES string of the molecule is COc1cc(C=CC(=O)OC[C@H]2O[C@@H](Oc3cc(-c4oc5cc(O[C@@H]6O[C@H](COC(=[OH+])C=Cc7cc(OC)c(O)c(OC)c7)[C@@H](O)[C@H](O)[C@H]6O)cc(=O)c-5cc4O[C@@H]4O[C@H](COOC(=O)CC(=O)O)[C@@H](O)[C@H](O)[C@H]4O)ccc3O)[C@H](O)[C@@H](O)[C@@H]2O)cc(OC)c1O. The third kappa shape index (κ3) is 15.9. The van der Waals surface area contributed by atoms with E-state index in [2.05, 4.69) is 4.89 Å². The first kappa shape index (κ1) is 67.9. The first-order valence-corrected chi connectivity index (χ1v) is 27.0. The second kappa shape index (κ2) is 29.7. The number of carboxylic acids is 1. The molecule has 492 valence electrons. The van der Waals surface area contributed by atoms with Crippen LogP contribution in [0.2, 0.25) is 0 Å². The summed E-state index contributed by atoms with van der Waals surface area (Å²) in [5.41, 5.74) is -0.710. The van der Waals surface area contributed by atoms with Gasteiger partial charge in [-0.15, -0.1) is 0 Å². The lowest BCUT2D eigenvalue weighted by atomic mass is 9.99. The van der Waals surface area contributed by atoms with Crippen LogP contribution in [0.4, 0.5) is 0 Å². The molecule has 33 nitrogen and oxygen atoms in total. The number of phenols is 3. The summed E-state index contributed by atoms with van der Waals surface area (Å²) >= 11 is 0. The normalized spacial score (nSPS) is 26.6. The molecular weight excluding hydrogens is 1220 g/mol. The third-order valence-electron chi connectivity index (χ3n) is 14.1. The molecule has 4 aliphatic heterocycles. The number of carbonyl (C=O) groups is 3. The fraction of sp³-hybridized carbons (Fsp3) is 0.397. The van der Waals surface area contributed by atoms with Gasteiger partial charge in [-0.25, -0.2) is 9.59 Å².